The van der Waals surface area contributed by atoms with Gasteiger partial charge in [-0.2, -0.15) is 17.6 Å². The number of ether oxygens (including phenoxy) is 2. The van der Waals surface area contributed by atoms with Crippen molar-refractivity contribution in [2.24, 2.45) is 5.16 Å². The average molecular weight is 413 g/mol. The zero-order chi connectivity index (χ0) is 20.8. The van der Waals surface area contributed by atoms with E-state index in [4.69, 9.17) is 9.57 Å². The number of hydrogen-bond donors (Lipinski definition) is 0. The summed E-state index contributed by atoms with van der Waals surface area (Å²) in [6.07, 6.45) is -0.0925. The number of oxime groups is 1. The van der Waals surface area contributed by atoms with Gasteiger partial charge in [0, 0.05) is 6.42 Å². The van der Waals surface area contributed by atoms with Crippen LogP contribution in [0.1, 0.15) is 41.0 Å². The van der Waals surface area contributed by atoms with Gasteiger partial charge in [-0.1, -0.05) is 5.16 Å². The zero-order valence-electron chi connectivity index (χ0n) is 15.3. The molecule has 0 N–H and O–H groups in total. The fraction of sp³-hybridized carbons (Fsp3) is 0.562. The smallest absolute Gasteiger partial charge is 0.230 e. The third-order valence-corrected chi connectivity index (χ3v) is 4.65. The fourth-order valence-electron chi connectivity index (χ4n) is 2.09. The Morgan fingerprint density at radius 1 is 1.04 bits per heavy atom. The van der Waals surface area contributed by atoms with Gasteiger partial charge in [0.1, 0.15) is 11.2 Å². The van der Waals surface area contributed by atoms with Crippen LogP contribution in [0.2, 0.25) is 0 Å². The molecular weight excluding hydrogens is 394 g/mol. The molecule has 1 aromatic carbocycles. The van der Waals surface area contributed by atoms with Gasteiger partial charge in [-0.3, -0.25) is 0 Å². The van der Waals surface area contributed by atoms with Crippen LogP contribution in [0.4, 0.5) is 17.6 Å². The highest BCUT2D eigenvalue weighted by molar-refractivity contribution is 8.06. The van der Waals surface area contributed by atoms with Gasteiger partial charge in [-0.25, -0.2) is 8.42 Å². The molecule has 1 aliphatic rings. The van der Waals surface area contributed by atoms with E-state index in [1.807, 2.05) is 0 Å². The number of hydrogen-bond acceptors (Lipinski definition) is 6. The van der Waals surface area contributed by atoms with E-state index in [1.165, 1.54) is 20.8 Å². The minimum Gasteiger partial charge on any atom is -0.482 e. The number of nitrogens with zero attached hydrogens (tertiary/aromatic N) is 1. The molecule has 0 bridgehead atoms. The lowest BCUT2D eigenvalue weighted by Gasteiger charge is -2.22. The minimum absolute atomic E-state index is 0.0925. The molecule has 152 valence electrons. The molecule has 27 heavy (non-hydrogen) atoms. The van der Waals surface area contributed by atoms with E-state index in [9.17, 15) is 26.0 Å². The Balaban J connectivity index is 2.30. The maximum Gasteiger partial charge on any atom is 0.230 e. The third kappa shape index (κ3) is 4.63. The molecule has 0 aromatic heterocycles. The molecule has 0 saturated carbocycles. The molecule has 2 rings (SSSR count). The molecule has 0 saturated heterocycles. The number of benzene rings is 1. The Kier molecular flexibility index (Phi) is 5.39. The van der Waals surface area contributed by atoms with Crippen molar-refractivity contribution in [2.75, 3.05) is 5.94 Å². The summed E-state index contributed by atoms with van der Waals surface area (Å²) in [4.78, 5) is 4.91. The van der Waals surface area contributed by atoms with E-state index in [2.05, 4.69) is 9.89 Å². The van der Waals surface area contributed by atoms with E-state index in [0.717, 1.165) is 0 Å². The lowest BCUT2D eigenvalue weighted by molar-refractivity contribution is 0.0123. The molecule has 1 aromatic rings. The van der Waals surface area contributed by atoms with Crippen LogP contribution in [0, 0.1) is 23.3 Å². The SMILES string of the molecule is CC(C)(C)Oc1c(F)c(F)c(OCS(=O)(=O)C2=NOC(C)(C)C2)c(F)c1F. The topological polar surface area (TPSA) is 74.2 Å². The minimum atomic E-state index is -4.23. The summed E-state index contributed by atoms with van der Waals surface area (Å²) in [6, 6.07) is 0. The van der Waals surface area contributed by atoms with Crippen molar-refractivity contribution in [2.45, 2.75) is 52.2 Å². The van der Waals surface area contributed by atoms with Crippen LogP contribution >= 0.6 is 0 Å². The van der Waals surface area contributed by atoms with Crippen LogP contribution < -0.4 is 9.47 Å². The van der Waals surface area contributed by atoms with Crippen molar-refractivity contribution < 1.29 is 40.3 Å². The molecule has 0 amide bonds. The predicted molar refractivity (Wildman–Crippen MR) is 88.3 cm³/mol. The maximum atomic E-state index is 14.1. The predicted octanol–water partition coefficient (Wildman–Crippen LogP) is 3.68. The first kappa shape index (κ1) is 21.3. The van der Waals surface area contributed by atoms with Gasteiger partial charge in [-0.05, 0) is 34.6 Å². The number of rotatable bonds is 4. The summed E-state index contributed by atoms with van der Waals surface area (Å²) in [6.45, 7) is 7.43. The van der Waals surface area contributed by atoms with Gasteiger partial charge < -0.3 is 14.3 Å². The van der Waals surface area contributed by atoms with Crippen LogP contribution in [-0.2, 0) is 14.7 Å². The van der Waals surface area contributed by atoms with Crippen molar-refractivity contribution in [1.82, 2.24) is 0 Å². The summed E-state index contributed by atoms with van der Waals surface area (Å²) >= 11 is 0. The second-order valence-corrected chi connectivity index (χ2v) is 9.45. The number of halogens is 4. The van der Waals surface area contributed by atoms with Crippen molar-refractivity contribution >= 4 is 14.9 Å². The Hall–Kier alpha value is -2.04. The average Bonchev–Trinajstić information content (AvgIpc) is 2.89. The van der Waals surface area contributed by atoms with E-state index in [0.29, 0.717) is 0 Å². The molecule has 11 heteroatoms. The monoisotopic (exact) mass is 413 g/mol. The molecular formula is C16H19F4NO5S. The van der Waals surface area contributed by atoms with Crippen molar-refractivity contribution in [1.29, 1.82) is 0 Å². The van der Waals surface area contributed by atoms with Gasteiger partial charge in [-0.15, -0.1) is 0 Å². The highest BCUT2D eigenvalue weighted by Gasteiger charge is 2.37. The summed E-state index contributed by atoms with van der Waals surface area (Å²) in [5.74, 6) is -11.5. The Labute approximate surface area is 154 Å². The molecule has 0 fully saturated rings. The molecule has 6 nitrogen and oxygen atoms in total. The van der Waals surface area contributed by atoms with E-state index >= 15 is 0 Å². The maximum absolute atomic E-state index is 14.1. The van der Waals surface area contributed by atoms with E-state index in [-0.39, 0.29) is 6.42 Å². The van der Waals surface area contributed by atoms with Crippen LogP contribution in [0.3, 0.4) is 0 Å². The van der Waals surface area contributed by atoms with Gasteiger partial charge in [0.05, 0.1) is 0 Å². The molecule has 1 heterocycles. The highest BCUT2D eigenvalue weighted by Crippen LogP contribution is 2.36. The van der Waals surface area contributed by atoms with Crippen molar-refractivity contribution in [3.8, 4) is 11.5 Å². The fourth-order valence-corrected chi connectivity index (χ4v) is 3.22. The van der Waals surface area contributed by atoms with Gasteiger partial charge in [0.2, 0.25) is 33.1 Å². The quantitative estimate of drug-likeness (QED) is 0.556. The molecule has 0 unspecified atom stereocenters. The lowest BCUT2D eigenvalue weighted by Crippen LogP contribution is -2.27. The summed E-state index contributed by atoms with van der Waals surface area (Å²) in [5, 5.41) is 3.00. The van der Waals surface area contributed by atoms with E-state index < -0.39 is 66.8 Å². The lowest BCUT2D eigenvalue weighted by atomic mass is 10.1. The standard InChI is InChI=1S/C16H19F4NO5S/c1-15(2,3)25-14-11(19)9(17)13(10(18)12(14)20)24-7-27(22,23)8-6-16(4,5)26-21-8/h6-7H2,1-5H3. The Morgan fingerprint density at radius 2 is 1.52 bits per heavy atom. The third-order valence-electron chi connectivity index (χ3n) is 3.28. The summed E-state index contributed by atoms with van der Waals surface area (Å²) in [5.41, 5.74) is -2.01. The second kappa shape index (κ2) is 6.84. The summed E-state index contributed by atoms with van der Waals surface area (Å²) < 4.78 is 90.1. The van der Waals surface area contributed by atoms with Gasteiger partial charge in [0.25, 0.3) is 0 Å². The number of sulfone groups is 1. The van der Waals surface area contributed by atoms with Gasteiger partial charge in [0.15, 0.2) is 22.5 Å². The first-order valence-electron chi connectivity index (χ1n) is 7.80. The van der Waals surface area contributed by atoms with Crippen LogP contribution in [0.5, 0.6) is 11.5 Å². The normalized spacial score (nSPS) is 16.7. The molecule has 0 radical (unpaired) electrons. The van der Waals surface area contributed by atoms with Gasteiger partial charge >= 0.3 is 0 Å². The van der Waals surface area contributed by atoms with Crippen LogP contribution in [-0.4, -0.2) is 30.6 Å². The molecule has 0 atom stereocenters. The van der Waals surface area contributed by atoms with Crippen molar-refractivity contribution in [3.05, 3.63) is 23.3 Å². The zero-order valence-corrected chi connectivity index (χ0v) is 16.1. The molecule has 1 aliphatic heterocycles. The largest absolute Gasteiger partial charge is 0.482 e. The van der Waals surface area contributed by atoms with E-state index in [1.54, 1.807) is 13.8 Å². The van der Waals surface area contributed by atoms with Crippen LogP contribution in [0.15, 0.2) is 5.16 Å². The van der Waals surface area contributed by atoms with Crippen LogP contribution in [0.25, 0.3) is 0 Å². The Bertz CT molecular complexity index is 862. The van der Waals surface area contributed by atoms with Crippen molar-refractivity contribution in [3.63, 3.8) is 0 Å². The Morgan fingerprint density at radius 3 is 1.93 bits per heavy atom. The summed E-state index contributed by atoms with van der Waals surface area (Å²) in [7, 11) is -4.23. The first-order valence-corrected chi connectivity index (χ1v) is 9.45. The molecule has 0 aliphatic carbocycles. The molecule has 0 spiro atoms. The first-order chi connectivity index (χ1) is 12.1. The highest BCUT2D eigenvalue weighted by atomic mass is 32.2. The second-order valence-electron chi connectivity index (χ2n) is 7.52.